The van der Waals surface area contributed by atoms with Crippen LogP contribution in [0, 0.1) is 13.8 Å². The molecule has 0 unspecified atom stereocenters. The molecule has 14 heavy (non-hydrogen) atoms. The first-order valence-corrected chi connectivity index (χ1v) is 4.28. The van der Waals surface area contributed by atoms with E-state index in [1.165, 1.54) is 0 Å². The van der Waals surface area contributed by atoms with Crippen LogP contribution in [0.2, 0.25) is 0 Å². The van der Waals surface area contributed by atoms with Crippen LogP contribution in [0.15, 0.2) is 18.3 Å². The molecule has 1 N–H and O–H groups in total. The lowest BCUT2D eigenvalue weighted by molar-refractivity contribution is 0.0682. The number of hydrogen-bond donors (Lipinski definition) is 1. The molecular formula is C10H10N2O2. The predicted molar refractivity (Wildman–Crippen MR) is 51.6 cm³/mol. The summed E-state index contributed by atoms with van der Waals surface area (Å²) in [7, 11) is 0. The standard InChI is InChI=1S/C10H10N2O2/c1-6-3-4-12-8(5-6)7(2)11-9(12)10(13)14/h3-5H,1-2H3,(H,13,14). The number of aromatic carboxylic acids is 1. The first-order chi connectivity index (χ1) is 6.59. The van der Waals surface area contributed by atoms with Gasteiger partial charge in [-0.05, 0) is 31.5 Å². The topological polar surface area (TPSA) is 54.6 Å². The van der Waals surface area contributed by atoms with Crippen molar-refractivity contribution in [2.24, 2.45) is 0 Å². The van der Waals surface area contributed by atoms with Gasteiger partial charge in [-0.15, -0.1) is 0 Å². The molecule has 0 spiro atoms. The van der Waals surface area contributed by atoms with Crippen molar-refractivity contribution in [3.05, 3.63) is 35.4 Å². The Hall–Kier alpha value is -1.84. The number of aryl methyl sites for hydroxylation is 2. The third kappa shape index (κ3) is 1.16. The van der Waals surface area contributed by atoms with E-state index in [4.69, 9.17) is 5.11 Å². The lowest BCUT2D eigenvalue weighted by Crippen LogP contribution is -2.03. The number of fused-ring (bicyclic) bond motifs is 1. The van der Waals surface area contributed by atoms with Crippen LogP contribution in [-0.2, 0) is 0 Å². The minimum absolute atomic E-state index is 0.0671. The Kier molecular flexibility index (Phi) is 1.77. The molecule has 2 aromatic heterocycles. The fraction of sp³-hybridized carbons (Fsp3) is 0.200. The second-order valence-corrected chi connectivity index (χ2v) is 3.29. The van der Waals surface area contributed by atoms with E-state index in [0.717, 1.165) is 16.8 Å². The molecule has 4 nitrogen and oxygen atoms in total. The third-order valence-corrected chi connectivity index (χ3v) is 2.17. The normalized spacial score (nSPS) is 10.7. The van der Waals surface area contributed by atoms with Gasteiger partial charge in [-0.3, -0.25) is 4.40 Å². The SMILES string of the molecule is Cc1ccn2c(C(=O)O)nc(C)c2c1. The van der Waals surface area contributed by atoms with Crippen LogP contribution >= 0.6 is 0 Å². The van der Waals surface area contributed by atoms with Crippen LogP contribution < -0.4 is 0 Å². The summed E-state index contributed by atoms with van der Waals surface area (Å²) in [5.74, 6) is -0.936. The molecule has 2 aromatic rings. The van der Waals surface area contributed by atoms with E-state index >= 15 is 0 Å². The van der Waals surface area contributed by atoms with Crippen LogP contribution in [0.25, 0.3) is 5.52 Å². The Balaban J connectivity index is 2.84. The summed E-state index contributed by atoms with van der Waals surface area (Å²) < 4.78 is 1.59. The van der Waals surface area contributed by atoms with Crippen molar-refractivity contribution in [2.45, 2.75) is 13.8 Å². The fourth-order valence-electron chi connectivity index (χ4n) is 1.49. The minimum Gasteiger partial charge on any atom is -0.475 e. The highest BCUT2D eigenvalue weighted by Crippen LogP contribution is 2.13. The maximum Gasteiger partial charge on any atom is 0.372 e. The van der Waals surface area contributed by atoms with Crippen LogP contribution in [0.5, 0.6) is 0 Å². The number of pyridine rings is 1. The van der Waals surface area contributed by atoms with Crippen LogP contribution in [0.4, 0.5) is 0 Å². The number of imidazole rings is 1. The van der Waals surface area contributed by atoms with E-state index in [2.05, 4.69) is 4.98 Å². The zero-order valence-corrected chi connectivity index (χ0v) is 7.98. The summed E-state index contributed by atoms with van der Waals surface area (Å²) in [4.78, 5) is 14.8. The maximum absolute atomic E-state index is 10.8. The van der Waals surface area contributed by atoms with Crippen molar-refractivity contribution in [3.63, 3.8) is 0 Å². The van der Waals surface area contributed by atoms with E-state index < -0.39 is 5.97 Å². The molecule has 0 aliphatic carbocycles. The number of hydrogen-bond acceptors (Lipinski definition) is 2. The second-order valence-electron chi connectivity index (χ2n) is 3.29. The monoisotopic (exact) mass is 190 g/mol. The summed E-state index contributed by atoms with van der Waals surface area (Å²) in [6.07, 6.45) is 1.73. The van der Waals surface area contributed by atoms with Gasteiger partial charge in [0.25, 0.3) is 0 Å². The highest BCUT2D eigenvalue weighted by Gasteiger charge is 2.13. The summed E-state index contributed by atoms with van der Waals surface area (Å²) >= 11 is 0. The fourth-order valence-corrected chi connectivity index (χ4v) is 1.49. The molecule has 0 atom stereocenters. The molecule has 0 fully saturated rings. The summed E-state index contributed by atoms with van der Waals surface area (Å²) in [6.45, 7) is 3.77. The minimum atomic E-state index is -1.00. The molecule has 0 amide bonds. The van der Waals surface area contributed by atoms with E-state index in [9.17, 15) is 4.79 Å². The quantitative estimate of drug-likeness (QED) is 0.743. The Labute approximate surface area is 80.8 Å². The lowest BCUT2D eigenvalue weighted by Gasteiger charge is -1.97. The van der Waals surface area contributed by atoms with Crippen LogP contribution in [0.3, 0.4) is 0 Å². The van der Waals surface area contributed by atoms with Gasteiger partial charge in [0.2, 0.25) is 5.82 Å². The van der Waals surface area contributed by atoms with Crippen molar-refractivity contribution in [1.29, 1.82) is 0 Å². The number of nitrogens with zero attached hydrogens (tertiary/aromatic N) is 2. The van der Waals surface area contributed by atoms with E-state index in [1.807, 2.05) is 19.1 Å². The summed E-state index contributed by atoms with van der Waals surface area (Å²) in [6, 6.07) is 3.79. The zero-order chi connectivity index (χ0) is 10.3. The Morgan fingerprint density at radius 2 is 2.21 bits per heavy atom. The Bertz CT molecular complexity index is 514. The van der Waals surface area contributed by atoms with Crippen molar-refractivity contribution in [3.8, 4) is 0 Å². The highest BCUT2D eigenvalue weighted by molar-refractivity contribution is 5.85. The number of carbonyl (C=O) groups is 1. The van der Waals surface area contributed by atoms with Gasteiger partial charge in [-0.25, -0.2) is 9.78 Å². The zero-order valence-electron chi connectivity index (χ0n) is 7.98. The average molecular weight is 190 g/mol. The average Bonchev–Trinajstić information content (AvgIpc) is 2.44. The molecule has 0 saturated carbocycles. The third-order valence-electron chi connectivity index (χ3n) is 2.17. The number of aromatic nitrogens is 2. The van der Waals surface area contributed by atoms with E-state index in [1.54, 1.807) is 17.5 Å². The van der Waals surface area contributed by atoms with Gasteiger partial charge in [-0.1, -0.05) is 0 Å². The second kappa shape index (κ2) is 2.83. The van der Waals surface area contributed by atoms with Gasteiger partial charge in [-0.2, -0.15) is 0 Å². The molecule has 2 heterocycles. The number of carboxylic acid groups (broad SMARTS) is 1. The Morgan fingerprint density at radius 3 is 2.86 bits per heavy atom. The lowest BCUT2D eigenvalue weighted by atomic mass is 10.2. The molecule has 0 radical (unpaired) electrons. The molecule has 4 heteroatoms. The molecule has 2 rings (SSSR count). The molecule has 0 bridgehead atoms. The largest absolute Gasteiger partial charge is 0.475 e. The van der Waals surface area contributed by atoms with Crippen LogP contribution in [0.1, 0.15) is 21.9 Å². The smallest absolute Gasteiger partial charge is 0.372 e. The van der Waals surface area contributed by atoms with Gasteiger partial charge >= 0.3 is 5.97 Å². The molecule has 0 aliphatic heterocycles. The number of carboxylic acids is 1. The van der Waals surface area contributed by atoms with Crippen LogP contribution in [-0.4, -0.2) is 20.5 Å². The maximum atomic E-state index is 10.8. The first kappa shape index (κ1) is 8.74. The van der Waals surface area contributed by atoms with Crippen molar-refractivity contribution >= 4 is 11.5 Å². The molecular weight excluding hydrogens is 180 g/mol. The summed E-state index contributed by atoms with van der Waals surface area (Å²) in [5.41, 5.74) is 2.69. The van der Waals surface area contributed by atoms with Gasteiger partial charge in [0.05, 0.1) is 11.2 Å². The van der Waals surface area contributed by atoms with E-state index in [-0.39, 0.29) is 5.82 Å². The van der Waals surface area contributed by atoms with Gasteiger partial charge in [0.1, 0.15) is 0 Å². The van der Waals surface area contributed by atoms with Gasteiger partial charge in [0, 0.05) is 6.20 Å². The molecule has 0 aromatic carbocycles. The predicted octanol–water partition coefficient (Wildman–Crippen LogP) is 1.65. The van der Waals surface area contributed by atoms with Crippen molar-refractivity contribution in [1.82, 2.24) is 9.38 Å². The van der Waals surface area contributed by atoms with Gasteiger partial charge in [0.15, 0.2) is 0 Å². The first-order valence-electron chi connectivity index (χ1n) is 4.28. The summed E-state index contributed by atoms with van der Waals surface area (Å²) in [5, 5.41) is 8.88. The van der Waals surface area contributed by atoms with Crippen molar-refractivity contribution < 1.29 is 9.90 Å². The molecule has 0 saturated heterocycles. The van der Waals surface area contributed by atoms with Crippen molar-refractivity contribution in [2.75, 3.05) is 0 Å². The van der Waals surface area contributed by atoms with Gasteiger partial charge < -0.3 is 5.11 Å². The molecule has 0 aliphatic rings. The highest BCUT2D eigenvalue weighted by atomic mass is 16.4. The van der Waals surface area contributed by atoms with E-state index in [0.29, 0.717) is 0 Å². The number of rotatable bonds is 1. The molecule has 72 valence electrons. The Morgan fingerprint density at radius 1 is 1.50 bits per heavy atom.